The molecule has 1 saturated carbocycles. The highest BCUT2D eigenvalue weighted by Crippen LogP contribution is 2.28. The molecule has 1 fully saturated rings. The third-order valence-electron chi connectivity index (χ3n) is 4.03. The Kier molecular flexibility index (Phi) is 8.57. The van der Waals surface area contributed by atoms with Crippen molar-refractivity contribution >= 4 is 17.8 Å². The Morgan fingerprint density at radius 1 is 1.12 bits per heavy atom. The maximum absolute atomic E-state index is 12.2. The summed E-state index contributed by atoms with van der Waals surface area (Å²) < 4.78 is 9.88. The number of hydrogen-bond donors (Lipinski definition) is 3. The Morgan fingerprint density at radius 3 is 2.32 bits per heavy atom. The lowest BCUT2D eigenvalue weighted by molar-refractivity contribution is -0.153. The van der Waals surface area contributed by atoms with Crippen molar-refractivity contribution in [2.75, 3.05) is 13.2 Å². The smallest absolute Gasteiger partial charge is 0.333 e. The van der Waals surface area contributed by atoms with Crippen LogP contribution in [-0.4, -0.2) is 59.5 Å². The van der Waals surface area contributed by atoms with Gasteiger partial charge in [0.05, 0.1) is 12.2 Å². The van der Waals surface area contributed by atoms with Gasteiger partial charge < -0.3 is 25.0 Å². The molecule has 1 amide bonds. The molecular weight excluding hydrogens is 330 g/mol. The Bertz CT molecular complexity index is 505. The quantitative estimate of drug-likeness (QED) is 0.319. The maximum atomic E-state index is 12.2. The summed E-state index contributed by atoms with van der Waals surface area (Å²) in [6.45, 7) is 6.03. The Morgan fingerprint density at radius 2 is 1.76 bits per heavy atom. The lowest BCUT2D eigenvalue weighted by atomic mass is 9.81. The van der Waals surface area contributed by atoms with Crippen molar-refractivity contribution in [3.63, 3.8) is 0 Å². The summed E-state index contributed by atoms with van der Waals surface area (Å²) in [4.78, 5) is 34.7. The molecule has 25 heavy (non-hydrogen) atoms. The molecule has 3 N–H and O–H groups in total. The average molecular weight is 357 g/mol. The molecule has 0 bridgehead atoms. The third-order valence-corrected chi connectivity index (χ3v) is 4.03. The van der Waals surface area contributed by atoms with E-state index in [-0.39, 0.29) is 30.6 Å². The van der Waals surface area contributed by atoms with Crippen LogP contribution < -0.4 is 5.32 Å². The fourth-order valence-electron chi connectivity index (χ4n) is 2.72. The van der Waals surface area contributed by atoms with Crippen molar-refractivity contribution in [2.24, 2.45) is 5.92 Å². The summed E-state index contributed by atoms with van der Waals surface area (Å²) in [6.07, 6.45) is 0.205. The van der Waals surface area contributed by atoms with Crippen LogP contribution in [0.25, 0.3) is 0 Å². The molecule has 0 radical (unpaired) electrons. The largest absolute Gasteiger partial charge is 0.461 e. The Labute approximate surface area is 147 Å². The predicted molar refractivity (Wildman–Crippen MR) is 88.3 cm³/mol. The van der Waals surface area contributed by atoms with Crippen molar-refractivity contribution in [2.45, 2.75) is 57.8 Å². The second-order valence-corrected chi connectivity index (χ2v) is 6.39. The van der Waals surface area contributed by atoms with E-state index in [1.807, 2.05) is 0 Å². The topological polar surface area (TPSA) is 122 Å². The van der Waals surface area contributed by atoms with Crippen LogP contribution in [0, 0.1) is 5.92 Å². The number of carbonyl (C=O) groups is 3. The molecule has 1 rings (SSSR count). The van der Waals surface area contributed by atoms with Crippen molar-refractivity contribution < 1.29 is 34.1 Å². The molecule has 0 aromatic heterocycles. The third kappa shape index (κ3) is 7.66. The number of aliphatic hydroxyl groups excluding tert-OH is 2. The van der Waals surface area contributed by atoms with Crippen LogP contribution in [0.1, 0.15) is 39.5 Å². The summed E-state index contributed by atoms with van der Waals surface area (Å²) in [7, 11) is 0. The highest BCUT2D eigenvalue weighted by molar-refractivity contribution is 5.87. The molecule has 8 nitrogen and oxygen atoms in total. The van der Waals surface area contributed by atoms with Gasteiger partial charge in [-0.3, -0.25) is 4.79 Å². The van der Waals surface area contributed by atoms with E-state index in [4.69, 9.17) is 9.47 Å². The molecule has 0 aliphatic heterocycles. The number of rotatable bonds is 8. The number of hydrogen-bond acceptors (Lipinski definition) is 7. The number of ether oxygens (including phenoxy) is 2. The first-order chi connectivity index (χ1) is 11.7. The Hall–Kier alpha value is -1.93. The monoisotopic (exact) mass is 357 g/mol. The molecule has 142 valence electrons. The van der Waals surface area contributed by atoms with Gasteiger partial charge in [-0.25, -0.2) is 9.59 Å². The molecule has 0 heterocycles. The Balaban J connectivity index is 2.48. The number of nitrogens with one attached hydrogen (secondary N) is 1. The summed E-state index contributed by atoms with van der Waals surface area (Å²) in [5, 5.41) is 21.8. The number of aliphatic hydroxyl groups is 2. The first-order valence-electron chi connectivity index (χ1n) is 8.33. The fourth-order valence-corrected chi connectivity index (χ4v) is 2.72. The molecule has 1 aliphatic carbocycles. The van der Waals surface area contributed by atoms with Crippen LogP contribution in [0.4, 0.5) is 0 Å². The van der Waals surface area contributed by atoms with E-state index >= 15 is 0 Å². The molecular formula is C17H27NO7. The minimum absolute atomic E-state index is 0.0101. The van der Waals surface area contributed by atoms with Crippen LogP contribution in [0.15, 0.2) is 12.2 Å². The zero-order chi connectivity index (χ0) is 19.0. The van der Waals surface area contributed by atoms with Gasteiger partial charge in [0.2, 0.25) is 5.91 Å². The van der Waals surface area contributed by atoms with Crippen molar-refractivity contribution in [1.82, 2.24) is 5.32 Å². The normalized spacial score (nSPS) is 24.1. The second-order valence-electron chi connectivity index (χ2n) is 6.39. The predicted octanol–water partition coefficient (Wildman–Crippen LogP) is 0.0656. The van der Waals surface area contributed by atoms with E-state index < -0.39 is 30.2 Å². The maximum Gasteiger partial charge on any atom is 0.333 e. The van der Waals surface area contributed by atoms with Crippen LogP contribution in [-0.2, 0) is 23.9 Å². The van der Waals surface area contributed by atoms with Crippen LogP contribution in [0.5, 0.6) is 0 Å². The minimum atomic E-state index is -0.846. The number of carbonyl (C=O) groups excluding carboxylic acids is 3. The van der Waals surface area contributed by atoms with E-state index in [1.54, 1.807) is 0 Å². The van der Waals surface area contributed by atoms with Gasteiger partial charge >= 0.3 is 11.9 Å². The van der Waals surface area contributed by atoms with Gasteiger partial charge in [0.15, 0.2) is 0 Å². The summed E-state index contributed by atoms with van der Waals surface area (Å²) in [5.74, 6) is -1.57. The van der Waals surface area contributed by atoms with Gasteiger partial charge in [-0.15, -0.1) is 0 Å². The highest BCUT2D eigenvalue weighted by Gasteiger charge is 2.32. The molecule has 0 aromatic carbocycles. The van der Waals surface area contributed by atoms with Gasteiger partial charge in [0.25, 0.3) is 0 Å². The molecule has 8 heteroatoms. The van der Waals surface area contributed by atoms with Gasteiger partial charge in [0, 0.05) is 12.5 Å². The van der Waals surface area contributed by atoms with Gasteiger partial charge in [0.1, 0.15) is 19.3 Å². The van der Waals surface area contributed by atoms with Crippen molar-refractivity contribution in [3.05, 3.63) is 12.2 Å². The van der Waals surface area contributed by atoms with Crippen molar-refractivity contribution in [1.29, 1.82) is 0 Å². The SMILES string of the molecule is C=C(C)C(=O)OCCOC(=O)C(CC1CCC(O)C(O)C1)NC(C)=O. The summed E-state index contributed by atoms with van der Waals surface area (Å²) >= 11 is 0. The molecule has 4 atom stereocenters. The van der Waals surface area contributed by atoms with Gasteiger partial charge in [-0.1, -0.05) is 6.58 Å². The molecule has 0 spiro atoms. The molecule has 1 aliphatic rings. The minimum Gasteiger partial charge on any atom is -0.461 e. The van der Waals surface area contributed by atoms with Crippen LogP contribution in [0.2, 0.25) is 0 Å². The van der Waals surface area contributed by atoms with Crippen LogP contribution >= 0.6 is 0 Å². The second kappa shape index (κ2) is 10.1. The van der Waals surface area contributed by atoms with E-state index in [2.05, 4.69) is 11.9 Å². The first kappa shape index (κ1) is 21.1. The number of amides is 1. The van der Waals surface area contributed by atoms with Crippen molar-refractivity contribution in [3.8, 4) is 0 Å². The van der Waals surface area contributed by atoms with E-state index in [1.165, 1.54) is 13.8 Å². The molecule has 4 unspecified atom stereocenters. The van der Waals surface area contributed by atoms with Gasteiger partial charge in [-0.05, 0) is 38.5 Å². The van der Waals surface area contributed by atoms with Gasteiger partial charge in [-0.2, -0.15) is 0 Å². The van der Waals surface area contributed by atoms with E-state index in [9.17, 15) is 24.6 Å². The van der Waals surface area contributed by atoms with E-state index in [0.29, 0.717) is 25.7 Å². The average Bonchev–Trinajstić information content (AvgIpc) is 2.53. The highest BCUT2D eigenvalue weighted by atomic mass is 16.6. The zero-order valence-corrected chi connectivity index (χ0v) is 14.7. The lowest BCUT2D eigenvalue weighted by Crippen LogP contribution is -2.44. The first-order valence-corrected chi connectivity index (χ1v) is 8.33. The van der Waals surface area contributed by atoms with E-state index in [0.717, 1.165) is 0 Å². The van der Waals surface area contributed by atoms with Crippen LogP contribution in [0.3, 0.4) is 0 Å². The molecule has 0 aromatic rings. The standard InChI is InChI=1S/C17H27NO7/c1-10(2)16(22)24-6-7-25-17(23)13(18-11(3)19)8-12-4-5-14(20)15(21)9-12/h12-15,20-21H,1,4-9H2,2-3H3,(H,18,19). The summed E-state index contributed by atoms with van der Waals surface area (Å²) in [6, 6.07) is -0.846. The molecule has 0 saturated heterocycles. The lowest BCUT2D eigenvalue weighted by Gasteiger charge is -2.31. The summed E-state index contributed by atoms with van der Waals surface area (Å²) in [5.41, 5.74) is 0.250. The number of esters is 2. The fraction of sp³-hybridized carbons (Fsp3) is 0.706. The zero-order valence-electron chi connectivity index (χ0n) is 14.7.